The molecule has 0 spiro atoms. The van der Waals surface area contributed by atoms with Crippen molar-refractivity contribution >= 4 is 27.6 Å². The van der Waals surface area contributed by atoms with E-state index in [0.29, 0.717) is 11.1 Å². The van der Waals surface area contributed by atoms with E-state index in [0.717, 1.165) is 11.1 Å². The molecule has 8 heteroatoms. The third-order valence-corrected chi connectivity index (χ3v) is 6.04. The number of carbonyl (C=O) groups is 2. The van der Waals surface area contributed by atoms with Crippen LogP contribution >= 0.6 is 0 Å². The van der Waals surface area contributed by atoms with Gasteiger partial charge in [0.2, 0.25) is 5.78 Å². The maximum atomic E-state index is 12.7. The third-order valence-electron chi connectivity index (χ3n) is 4.65. The molecule has 0 fully saturated rings. The minimum Gasteiger partial charge on any atom is -0.453 e. The number of aryl methyl sites for hydroxylation is 2. The molecule has 0 radical (unpaired) electrons. The number of aliphatic imine (C=N–C) groups is 1. The van der Waals surface area contributed by atoms with E-state index in [9.17, 15) is 18.0 Å². The molecule has 0 aromatic heterocycles. The Bertz CT molecular complexity index is 1120. The molecular formula is C21H22N2O5S. The Morgan fingerprint density at radius 2 is 1.76 bits per heavy atom. The summed E-state index contributed by atoms with van der Waals surface area (Å²) in [5.41, 5.74) is 2.63. The summed E-state index contributed by atoms with van der Waals surface area (Å²) in [5, 5.41) is 0. The zero-order valence-electron chi connectivity index (χ0n) is 16.6. The fraction of sp³-hybridized carbons (Fsp3) is 0.286. The van der Waals surface area contributed by atoms with Crippen molar-refractivity contribution in [3.8, 4) is 0 Å². The fourth-order valence-electron chi connectivity index (χ4n) is 3.02. The Morgan fingerprint density at radius 3 is 2.48 bits per heavy atom. The number of amidine groups is 1. The molecule has 152 valence electrons. The van der Waals surface area contributed by atoms with Gasteiger partial charge in [0, 0.05) is 11.1 Å². The molecule has 0 saturated carbocycles. The summed E-state index contributed by atoms with van der Waals surface area (Å²) < 4.78 is 31.9. The Kier molecular flexibility index (Phi) is 5.57. The van der Waals surface area contributed by atoms with Gasteiger partial charge < -0.3 is 4.74 Å². The van der Waals surface area contributed by atoms with E-state index in [-0.39, 0.29) is 16.5 Å². The molecule has 7 nitrogen and oxygen atoms in total. The van der Waals surface area contributed by atoms with Gasteiger partial charge in [-0.3, -0.25) is 14.5 Å². The molecule has 2 aromatic carbocycles. The van der Waals surface area contributed by atoms with E-state index < -0.39 is 28.1 Å². The number of ketones is 1. The van der Waals surface area contributed by atoms with E-state index in [2.05, 4.69) is 9.71 Å². The van der Waals surface area contributed by atoms with Crippen LogP contribution in [0.5, 0.6) is 0 Å². The van der Waals surface area contributed by atoms with Gasteiger partial charge in [0.15, 0.2) is 6.10 Å². The van der Waals surface area contributed by atoms with Gasteiger partial charge in [-0.2, -0.15) is 0 Å². The highest BCUT2D eigenvalue weighted by molar-refractivity contribution is 7.90. The zero-order chi connectivity index (χ0) is 21.3. The molecule has 29 heavy (non-hydrogen) atoms. The van der Waals surface area contributed by atoms with Crippen LogP contribution in [0.1, 0.15) is 40.9 Å². The van der Waals surface area contributed by atoms with E-state index in [1.54, 1.807) is 24.3 Å². The molecule has 1 aliphatic rings. The molecule has 1 aliphatic heterocycles. The van der Waals surface area contributed by atoms with Gasteiger partial charge in [0.05, 0.1) is 4.90 Å². The largest absolute Gasteiger partial charge is 0.453 e. The van der Waals surface area contributed by atoms with Crippen molar-refractivity contribution in [1.82, 2.24) is 4.72 Å². The van der Waals surface area contributed by atoms with Gasteiger partial charge in [-0.25, -0.2) is 13.2 Å². The highest BCUT2D eigenvalue weighted by Gasteiger charge is 2.32. The lowest BCUT2D eigenvalue weighted by molar-refractivity contribution is -0.147. The molecule has 2 atom stereocenters. The molecule has 3 rings (SSSR count). The molecular weight excluding hydrogens is 392 g/mol. The summed E-state index contributed by atoms with van der Waals surface area (Å²) in [6.07, 6.45) is -0.988. The molecule has 0 saturated heterocycles. The molecule has 0 bridgehead atoms. The maximum absolute atomic E-state index is 12.7. The van der Waals surface area contributed by atoms with Crippen LogP contribution in [0.2, 0.25) is 0 Å². The van der Waals surface area contributed by atoms with Crippen LogP contribution in [0.3, 0.4) is 0 Å². The maximum Gasteiger partial charge on any atom is 0.331 e. The lowest BCUT2D eigenvalue weighted by Crippen LogP contribution is -2.31. The number of sulfonamides is 1. The second-order valence-electron chi connectivity index (χ2n) is 7.02. The van der Waals surface area contributed by atoms with Gasteiger partial charge in [0.1, 0.15) is 11.9 Å². The zero-order valence-corrected chi connectivity index (χ0v) is 17.4. The topological polar surface area (TPSA) is 102 Å². The molecule has 0 amide bonds. The molecule has 0 unspecified atom stereocenters. The molecule has 1 N–H and O–H groups in total. The van der Waals surface area contributed by atoms with Crippen LogP contribution in [0, 0.1) is 13.8 Å². The monoisotopic (exact) mass is 414 g/mol. The minimum absolute atomic E-state index is 0.0820. The summed E-state index contributed by atoms with van der Waals surface area (Å²) in [7, 11) is -3.69. The number of benzene rings is 2. The molecule has 0 aliphatic carbocycles. The van der Waals surface area contributed by atoms with Crippen LogP contribution in [0.4, 0.5) is 0 Å². The highest BCUT2D eigenvalue weighted by Crippen LogP contribution is 2.23. The number of Topliss-reactive ketones (excluding diaryl/α,β-unsaturated/α-hetero) is 1. The summed E-state index contributed by atoms with van der Waals surface area (Å²) in [5.74, 6) is -0.933. The molecule has 1 heterocycles. The Hall–Kier alpha value is -3.00. The summed E-state index contributed by atoms with van der Waals surface area (Å²) in [6.45, 7) is 6.69. The Morgan fingerprint density at radius 1 is 1.07 bits per heavy atom. The third kappa shape index (κ3) is 4.22. The van der Waals surface area contributed by atoms with Crippen LogP contribution < -0.4 is 4.72 Å². The van der Waals surface area contributed by atoms with E-state index in [1.807, 2.05) is 26.0 Å². The normalized spacial score (nSPS) is 17.9. The standard InChI is InChI=1S/C21H22N2O5S/c1-12-9-10-13(2)17(11-12)19(24)15(4)28-21(25)14(3)22-20-16-7-5-6-8-18(16)29(26,27)23-20/h5-11,14-15H,1-4H3,(H,22,23)/t14-,15-/m0/s1. The average Bonchev–Trinajstić information content (AvgIpc) is 2.93. The van der Waals surface area contributed by atoms with E-state index in [1.165, 1.54) is 19.9 Å². The van der Waals surface area contributed by atoms with Gasteiger partial charge >= 0.3 is 5.97 Å². The predicted octanol–water partition coefficient (Wildman–Crippen LogP) is 2.55. The Balaban J connectivity index is 1.75. The molecule has 2 aromatic rings. The number of rotatable bonds is 5. The first kappa shape index (κ1) is 20.7. The summed E-state index contributed by atoms with van der Waals surface area (Å²) >= 11 is 0. The lowest BCUT2D eigenvalue weighted by Gasteiger charge is -2.16. The van der Waals surface area contributed by atoms with Gasteiger partial charge in [0.25, 0.3) is 10.0 Å². The lowest BCUT2D eigenvalue weighted by atomic mass is 9.99. The van der Waals surface area contributed by atoms with Gasteiger partial charge in [-0.05, 0) is 51.5 Å². The number of esters is 1. The number of fused-ring (bicyclic) bond motifs is 1. The van der Waals surface area contributed by atoms with Crippen molar-refractivity contribution in [2.45, 2.75) is 44.7 Å². The van der Waals surface area contributed by atoms with Crippen molar-refractivity contribution in [2.24, 2.45) is 4.99 Å². The quantitative estimate of drug-likeness (QED) is 0.598. The van der Waals surface area contributed by atoms with Crippen molar-refractivity contribution < 1.29 is 22.7 Å². The number of hydrogen-bond acceptors (Lipinski definition) is 6. The summed E-state index contributed by atoms with van der Waals surface area (Å²) in [4.78, 5) is 29.4. The van der Waals surface area contributed by atoms with Crippen molar-refractivity contribution in [3.05, 3.63) is 64.7 Å². The second kappa shape index (κ2) is 7.79. The number of ether oxygens (including phenoxy) is 1. The van der Waals surface area contributed by atoms with Crippen LogP contribution in [0.15, 0.2) is 52.4 Å². The fourth-order valence-corrected chi connectivity index (χ4v) is 4.26. The van der Waals surface area contributed by atoms with Gasteiger partial charge in [-0.15, -0.1) is 0 Å². The number of nitrogens with one attached hydrogen (secondary N) is 1. The smallest absolute Gasteiger partial charge is 0.331 e. The predicted molar refractivity (Wildman–Crippen MR) is 109 cm³/mol. The Labute approximate surface area is 169 Å². The van der Waals surface area contributed by atoms with E-state index >= 15 is 0 Å². The van der Waals surface area contributed by atoms with Gasteiger partial charge in [-0.1, -0.05) is 29.8 Å². The first-order valence-corrected chi connectivity index (χ1v) is 10.6. The SMILES string of the molecule is Cc1ccc(C)c(C(=O)[C@H](C)OC(=O)[C@H](C)N=C2NS(=O)(=O)c3ccccc32)c1. The second-order valence-corrected chi connectivity index (χ2v) is 8.67. The average molecular weight is 414 g/mol. The van der Waals surface area contributed by atoms with Crippen LogP contribution in [-0.4, -0.2) is 38.2 Å². The van der Waals surface area contributed by atoms with Crippen molar-refractivity contribution in [2.75, 3.05) is 0 Å². The highest BCUT2D eigenvalue weighted by atomic mass is 32.2. The first-order chi connectivity index (χ1) is 13.6. The number of nitrogens with zero attached hydrogens (tertiary/aromatic N) is 1. The number of hydrogen-bond donors (Lipinski definition) is 1. The van der Waals surface area contributed by atoms with Crippen molar-refractivity contribution in [3.63, 3.8) is 0 Å². The number of carbonyl (C=O) groups excluding carboxylic acids is 2. The van der Waals surface area contributed by atoms with Crippen molar-refractivity contribution in [1.29, 1.82) is 0 Å². The van der Waals surface area contributed by atoms with E-state index in [4.69, 9.17) is 4.74 Å². The first-order valence-electron chi connectivity index (χ1n) is 9.12. The minimum atomic E-state index is -3.69. The van der Waals surface area contributed by atoms with Crippen LogP contribution in [-0.2, 0) is 19.6 Å². The van der Waals surface area contributed by atoms with Crippen LogP contribution in [0.25, 0.3) is 0 Å². The summed E-state index contributed by atoms with van der Waals surface area (Å²) in [6, 6.07) is 10.9.